The van der Waals surface area contributed by atoms with Gasteiger partial charge in [0.2, 0.25) is 0 Å². The minimum Gasteiger partial charge on any atom is -0.496 e. The summed E-state index contributed by atoms with van der Waals surface area (Å²) in [5.41, 5.74) is 0.469. The highest BCUT2D eigenvalue weighted by molar-refractivity contribution is 7.20. The molecule has 0 atom stereocenters. The van der Waals surface area contributed by atoms with Crippen LogP contribution < -0.4 is 15.6 Å². The van der Waals surface area contributed by atoms with Crippen molar-refractivity contribution in [3.8, 4) is 5.75 Å². The third-order valence-corrected chi connectivity index (χ3v) is 6.41. The van der Waals surface area contributed by atoms with E-state index in [9.17, 15) is 19.5 Å². The maximum Gasteiger partial charge on any atom is 0.339 e. The lowest BCUT2D eigenvalue weighted by Gasteiger charge is -2.11. The normalized spacial score (nSPS) is 11.0. The van der Waals surface area contributed by atoms with Gasteiger partial charge in [0.15, 0.2) is 0 Å². The van der Waals surface area contributed by atoms with E-state index in [2.05, 4.69) is 17.2 Å². The Bertz CT molecular complexity index is 1220. The lowest BCUT2D eigenvalue weighted by molar-refractivity contribution is 0.0693. The van der Waals surface area contributed by atoms with E-state index in [0.29, 0.717) is 27.2 Å². The van der Waals surface area contributed by atoms with Gasteiger partial charge in [-0.2, -0.15) is 0 Å². The Balaban J connectivity index is 1.95. The second-order valence-corrected chi connectivity index (χ2v) is 8.38. The summed E-state index contributed by atoms with van der Waals surface area (Å²) >= 11 is 7.28. The molecule has 164 valence electrons. The molecule has 0 saturated heterocycles. The number of carboxylic acids is 1. The largest absolute Gasteiger partial charge is 0.496 e. The van der Waals surface area contributed by atoms with Crippen LogP contribution in [0.5, 0.6) is 5.75 Å². The Morgan fingerprint density at radius 2 is 2.06 bits per heavy atom. The van der Waals surface area contributed by atoms with Crippen LogP contribution >= 0.6 is 22.9 Å². The smallest absolute Gasteiger partial charge is 0.339 e. The van der Waals surface area contributed by atoms with Gasteiger partial charge in [0.25, 0.3) is 11.5 Å². The first-order valence-corrected chi connectivity index (χ1v) is 10.9. The fourth-order valence-electron chi connectivity index (χ4n) is 3.23. The summed E-state index contributed by atoms with van der Waals surface area (Å²) in [6, 6.07) is 2.57. The summed E-state index contributed by atoms with van der Waals surface area (Å²) in [5, 5.41) is 12.4. The lowest BCUT2D eigenvalue weighted by atomic mass is 10.1. The van der Waals surface area contributed by atoms with Crippen molar-refractivity contribution in [3.05, 3.63) is 49.8 Å². The average Bonchev–Trinajstić information content (AvgIpc) is 3.08. The molecule has 0 aliphatic heterocycles. The molecule has 0 radical (unpaired) electrons. The number of carbonyl (C=O) groups excluding carboxylic acids is 1. The van der Waals surface area contributed by atoms with Crippen molar-refractivity contribution in [1.82, 2.24) is 9.55 Å². The molecule has 2 aromatic heterocycles. The standard InChI is InChI=1S/C21H22ClN3O5S/c1-4-5-6-7-25-10-23-19-16(20(25)27)11(2)17(31-19)18(26)24-14-9-15(30-3)12(21(28)29)8-13(14)22/h8-10H,4-7H2,1-3H3,(H,24,26)(H,28,29). The Kier molecular flexibility index (Phi) is 6.97. The Morgan fingerprint density at radius 1 is 1.32 bits per heavy atom. The predicted octanol–water partition coefficient (Wildman–Crippen LogP) is 4.57. The number of aryl methyl sites for hydroxylation is 2. The van der Waals surface area contributed by atoms with Crippen molar-refractivity contribution >= 4 is 50.7 Å². The van der Waals surface area contributed by atoms with Gasteiger partial charge in [-0.25, -0.2) is 9.78 Å². The minimum atomic E-state index is -1.20. The number of amides is 1. The SMILES string of the molecule is CCCCCn1cnc2sc(C(=O)Nc3cc(OC)c(C(=O)O)cc3Cl)c(C)c2c1=O. The van der Waals surface area contributed by atoms with Crippen molar-refractivity contribution in [2.75, 3.05) is 12.4 Å². The number of nitrogens with zero attached hydrogens (tertiary/aromatic N) is 2. The number of thiophene rings is 1. The van der Waals surface area contributed by atoms with Gasteiger partial charge in [0.1, 0.15) is 16.1 Å². The summed E-state index contributed by atoms with van der Waals surface area (Å²) in [5.74, 6) is -1.60. The molecule has 1 aromatic carbocycles. The molecule has 0 unspecified atom stereocenters. The number of benzene rings is 1. The molecular formula is C21H22ClN3O5S. The third-order valence-electron chi connectivity index (χ3n) is 4.89. The summed E-state index contributed by atoms with van der Waals surface area (Å²) in [6.45, 7) is 4.38. The molecule has 0 bridgehead atoms. The molecule has 3 rings (SSSR count). The van der Waals surface area contributed by atoms with Gasteiger partial charge >= 0.3 is 5.97 Å². The van der Waals surface area contributed by atoms with E-state index in [4.69, 9.17) is 16.3 Å². The van der Waals surface area contributed by atoms with E-state index in [1.807, 2.05) is 0 Å². The summed E-state index contributed by atoms with van der Waals surface area (Å²) in [6.07, 6.45) is 4.47. The molecule has 8 nitrogen and oxygen atoms in total. The number of carbonyl (C=O) groups is 2. The van der Waals surface area contributed by atoms with Crippen molar-refractivity contribution in [2.24, 2.45) is 0 Å². The summed E-state index contributed by atoms with van der Waals surface area (Å²) in [7, 11) is 1.33. The summed E-state index contributed by atoms with van der Waals surface area (Å²) < 4.78 is 6.66. The number of unbranched alkanes of at least 4 members (excludes halogenated alkanes) is 2. The fourth-order valence-corrected chi connectivity index (χ4v) is 4.48. The van der Waals surface area contributed by atoms with Gasteiger partial charge < -0.3 is 15.2 Å². The second kappa shape index (κ2) is 9.49. The van der Waals surface area contributed by atoms with E-state index in [0.717, 1.165) is 30.6 Å². The van der Waals surface area contributed by atoms with Crippen molar-refractivity contribution in [3.63, 3.8) is 0 Å². The molecule has 3 aromatic rings. The van der Waals surface area contributed by atoms with Crippen LogP contribution in [0.2, 0.25) is 5.02 Å². The topological polar surface area (TPSA) is 111 Å². The average molecular weight is 464 g/mol. The molecule has 31 heavy (non-hydrogen) atoms. The maximum atomic E-state index is 12.9. The van der Waals surface area contributed by atoms with Gasteiger partial charge in [-0.15, -0.1) is 11.3 Å². The number of anilines is 1. The van der Waals surface area contributed by atoms with Crippen LogP contribution in [0.1, 0.15) is 51.8 Å². The zero-order valence-electron chi connectivity index (χ0n) is 17.3. The number of methoxy groups -OCH3 is 1. The van der Waals surface area contributed by atoms with E-state index in [1.54, 1.807) is 11.5 Å². The van der Waals surface area contributed by atoms with Gasteiger partial charge in [0, 0.05) is 12.6 Å². The monoisotopic (exact) mass is 463 g/mol. The molecule has 0 saturated carbocycles. The van der Waals surface area contributed by atoms with Crippen LogP contribution in [0.25, 0.3) is 10.2 Å². The number of hydrogen-bond acceptors (Lipinski definition) is 6. The third kappa shape index (κ3) is 4.57. The number of carboxylic acid groups (broad SMARTS) is 1. The van der Waals surface area contributed by atoms with Crippen LogP contribution in [0.4, 0.5) is 5.69 Å². The number of rotatable bonds is 8. The molecule has 1 amide bonds. The Labute approximate surface area is 187 Å². The summed E-state index contributed by atoms with van der Waals surface area (Å²) in [4.78, 5) is 42.3. The first-order valence-electron chi connectivity index (χ1n) is 9.69. The van der Waals surface area contributed by atoms with E-state index in [1.165, 1.54) is 25.6 Å². The minimum absolute atomic E-state index is 0.0571. The van der Waals surface area contributed by atoms with Crippen molar-refractivity contribution < 1.29 is 19.4 Å². The number of aromatic nitrogens is 2. The highest BCUT2D eigenvalue weighted by atomic mass is 35.5. The number of nitrogens with one attached hydrogen (secondary N) is 1. The molecule has 0 fully saturated rings. The first-order chi connectivity index (χ1) is 14.8. The maximum absolute atomic E-state index is 12.9. The van der Waals surface area contributed by atoms with Crippen LogP contribution in [-0.4, -0.2) is 33.6 Å². The van der Waals surface area contributed by atoms with E-state index in [-0.39, 0.29) is 27.6 Å². The molecule has 0 aliphatic carbocycles. The van der Waals surface area contributed by atoms with Crippen LogP contribution in [0.15, 0.2) is 23.3 Å². The number of ether oxygens (including phenoxy) is 1. The Morgan fingerprint density at radius 3 is 2.71 bits per heavy atom. The molecule has 10 heteroatoms. The predicted molar refractivity (Wildman–Crippen MR) is 121 cm³/mol. The van der Waals surface area contributed by atoms with E-state index >= 15 is 0 Å². The number of fused-ring (bicyclic) bond motifs is 1. The zero-order valence-corrected chi connectivity index (χ0v) is 18.9. The van der Waals surface area contributed by atoms with Gasteiger partial charge in [-0.1, -0.05) is 31.4 Å². The van der Waals surface area contributed by atoms with Gasteiger partial charge in [-0.3, -0.25) is 14.2 Å². The quantitative estimate of drug-likeness (QED) is 0.473. The molecule has 2 heterocycles. The molecule has 2 N–H and O–H groups in total. The number of halogens is 1. The van der Waals surface area contributed by atoms with E-state index < -0.39 is 11.9 Å². The zero-order chi connectivity index (χ0) is 22.7. The second-order valence-electron chi connectivity index (χ2n) is 6.98. The Hall–Kier alpha value is -2.91. The molecule has 0 aliphatic rings. The highest BCUT2D eigenvalue weighted by Gasteiger charge is 2.22. The van der Waals surface area contributed by atoms with Crippen LogP contribution in [0.3, 0.4) is 0 Å². The first kappa shape index (κ1) is 22.8. The van der Waals surface area contributed by atoms with Crippen molar-refractivity contribution in [1.29, 1.82) is 0 Å². The van der Waals surface area contributed by atoms with Gasteiger partial charge in [0.05, 0.1) is 34.4 Å². The van der Waals surface area contributed by atoms with Crippen LogP contribution in [0, 0.1) is 6.92 Å². The van der Waals surface area contributed by atoms with Gasteiger partial charge in [-0.05, 0) is 25.0 Å². The lowest BCUT2D eigenvalue weighted by Crippen LogP contribution is -2.20. The van der Waals surface area contributed by atoms with Crippen molar-refractivity contribution in [2.45, 2.75) is 39.7 Å². The van der Waals surface area contributed by atoms with Crippen LogP contribution in [-0.2, 0) is 6.54 Å². The number of hydrogen-bond donors (Lipinski definition) is 2. The molecule has 0 spiro atoms. The molecular weight excluding hydrogens is 442 g/mol. The fraction of sp³-hybridized carbons (Fsp3) is 0.333. The number of aromatic carboxylic acids is 1. The highest BCUT2D eigenvalue weighted by Crippen LogP contribution is 2.33.